The minimum atomic E-state index is -1.02. The molecule has 2 aromatic rings. The molecule has 3 rings (SSSR count). The third-order valence-corrected chi connectivity index (χ3v) is 6.52. The Kier molecular flexibility index (Phi) is 11.7. The van der Waals surface area contributed by atoms with Crippen LogP contribution in [0.2, 0.25) is 0 Å². The zero-order chi connectivity index (χ0) is 28.9. The van der Waals surface area contributed by atoms with Crippen molar-refractivity contribution in [2.24, 2.45) is 5.92 Å². The number of carbonyl (C=O) groups is 5. The second-order valence-corrected chi connectivity index (χ2v) is 10.3. The maximum Gasteiger partial charge on any atom is 0.408 e. The smallest absolute Gasteiger partial charge is 0.408 e. The molecule has 0 bridgehead atoms. The number of rotatable bonds is 14. The number of hydrogen-bond donors (Lipinski definition) is 3. The summed E-state index contributed by atoms with van der Waals surface area (Å²) in [4.78, 5) is 64.6. The van der Waals surface area contributed by atoms with Gasteiger partial charge in [0, 0.05) is 25.9 Å². The van der Waals surface area contributed by atoms with Gasteiger partial charge in [-0.15, -0.1) is 0 Å². The van der Waals surface area contributed by atoms with Crippen LogP contribution in [0.1, 0.15) is 44.2 Å². The van der Waals surface area contributed by atoms with E-state index in [9.17, 15) is 24.0 Å². The zero-order valence-electron chi connectivity index (χ0n) is 23.0. The van der Waals surface area contributed by atoms with E-state index in [0.29, 0.717) is 32.1 Å². The lowest BCUT2D eigenvalue weighted by Gasteiger charge is -2.26. The summed E-state index contributed by atoms with van der Waals surface area (Å²) in [6.07, 6.45) is 1.47. The summed E-state index contributed by atoms with van der Waals surface area (Å²) in [6, 6.07) is 15.4. The van der Waals surface area contributed by atoms with E-state index in [1.165, 1.54) is 0 Å². The van der Waals surface area contributed by atoms with Crippen molar-refractivity contribution in [1.82, 2.24) is 20.9 Å². The molecule has 1 saturated heterocycles. The van der Waals surface area contributed by atoms with Gasteiger partial charge in [0.25, 0.3) is 0 Å². The van der Waals surface area contributed by atoms with Gasteiger partial charge >= 0.3 is 6.09 Å². The topological polar surface area (TPSA) is 134 Å². The van der Waals surface area contributed by atoms with Crippen LogP contribution < -0.4 is 16.0 Å². The van der Waals surface area contributed by atoms with Crippen molar-refractivity contribution in [2.45, 2.75) is 64.3 Å². The maximum absolute atomic E-state index is 13.4. The van der Waals surface area contributed by atoms with Crippen LogP contribution in [-0.2, 0) is 36.9 Å². The molecule has 0 radical (unpaired) electrons. The fraction of sp³-hybridized carbons (Fsp3) is 0.433. The number of alkyl carbamates (subject to hydrolysis) is 1. The van der Waals surface area contributed by atoms with Gasteiger partial charge in [0.2, 0.25) is 17.7 Å². The van der Waals surface area contributed by atoms with Crippen molar-refractivity contribution in [3.8, 4) is 0 Å². The van der Waals surface area contributed by atoms with Crippen LogP contribution in [0.15, 0.2) is 60.7 Å². The first-order valence-electron chi connectivity index (χ1n) is 13.6. The molecule has 40 heavy (non-hydrogen) atoms. The molecule has 0 aliphatic carbocycles. The number of nitrogens with zero attached hydrogens (tertiary/aromatic N) is 1. The van der Waals surface area contributed by atoms with Crippen LogP contribution in [0.5, 0.6) is 0 Å². The van der Waals surface area contributed by atoms with E-state index in [-0.39, 0.29) is 31.4 Å². The Morgan fingerprint density at radius 1 is 0.900 bits per heavy atom. The number of carbonyl (C=O) groups excluding carboxylic acids is 5. The Hall–Kier alpha value is -4.21. The fourth-order valence-corrected chi connectivity index (χ4v) is 4.48. The monoisotopic (exact) mass is 550 g/mol. The molecule has 0 spiro atoms. The first-order valence-corrected chi connectivity index (χ1v) is 13.6. The van der Waals surface area contributed by atoms with Crippen molar-refractivity contribution >= 4 is 30.1 Å². The van der Waals surface area contributed by atoms with E-state index < -0.39 is 36.0 Å². The molecule has 0 aromatic heterocycles. The van der Waals surface area contributed by atoms with Gasteiger partial charge in [0.1, 0.15) is 31.0 Å². The number of hydrogen-bond acceptors (Lipinski definition) is 6. The number of aldehydes is 1. The van der Waals surface area contributed by atoms with Crippen LogP contribution >= 0.6 is 0 Å². The predicted octanol–water partition coefficient (Wildman–Crippen LogP) is 2.36. The lowest BCUT2D eigenvalue weighted by Crippen LogP contribution is -2.57. The molecule has 4 amide bonds. The van der Waals surface area contributed by atoms with E-state index >= 15 is 0 Å². The van der Waals surface area contributed by atoms with Crippen molar-refractivity contribution in [2.75, 3.05) is 13.1 Å². The summed E-state index contributed by atoms with van der Waals surface area (Å²) in [5.74, 6) is -1.10. The number of ether oxygens (including phenoxy) is 1. The minimum absolute atomic E-state index is 0.0499. The molecule has 1 aliphatic rings. The van der Waals surface area contributed by atoms with Crippen molar-refractivity contribution < 1.29 is 28.7 Å². The highest BCUT2D eigenvalue weighted by Gasteiger charge is 2.30. The normalized spacial score (nSPS) is 15.2. The number of nitrogens with one attached hydrogen (secondary N) is 3. The number of amides is 4. The van der Waals surface area contributed by atoms with Crippen molar-refractivity contribution in [3.63, 3.8) is 0 Å². The molecule has 214 valence electrons. The maximum atomic E-state index is 13.4. The molecule has 0 saturated carbocycles. The summed E-state index contributed by atoms with van der Waals surface area (Å²) in [6.45, 7) is 4.49. The van der Waals surface area contributed by atoms with Crippen molar-refractivity contribution in [3.05, 3.63) is 71.8 Å². The van der Waals surface area contributed by atoms with E-state index in [2.05, 4.69) is 16.0 Å². The summed E-state index contributed by atoms with van der Waals surface area (Å²) in [7, 11) is 0. The van der Waals surface area contributed by atoms with Gasteiger partial charge in [0.15, 0.2) is 0 Å². The SMILES string of the molecule is CC(C)CC(NC(=O)OCc1ccccc1)C(=O)NC(Cc1ccccc1)C(=O)NC(C=O)CN1CCCC1=O. The van der Waals surface area contributed by atoms with Gasteiger partial charge in [-0.3, -0.25) is 14.4 Å². The van der Waals surface area contributed by atoms with Gasteiger partial charge in [-0.05, 0) is 29.9 Å². The molecule has 3 N–H and O–H groups in total. The van der Waals surface area contributed by atoms with Gasteiger partial charge in [-0.1, -0.05) is 74.5 Å². The lowest BCUT2D eigenvalue weighted by atomic mass is 10.0. The Labute approximate surface area is 234 Å². The summed E-state index contributed by atoms with van der Waals surface area (Å²) < 4.78 is 5.30. The second-order valence-electron chi connectivity index (χ2n) is 10.3. The Morgan fingerprint density at radius 2 is 1.52 bits per heavy atom. The molecule has 1 heterocycles. The molecular weight excluding hydrogens is 512 g/mol. The van der Waals surface area contributed by atoms with Gasteiger partial charge in [-0.25, -0.2) is 4.79 Å². The van der Waals surface area contributed by atoms with Crippen LogP contribution in [0.3, 0.4) is 0 Å². The molecule has 1 fully saturated rings. The fourth-order valence-electron chi connectivity index (χ4n) is 4.48. The quantitative estimate of drug-likeness (QED) is 0.309. The van der Waals surface area contributed by atoms with E-state index in [4.69, 9.17) is 4.74 Å². The molecule has 3 unspecified atom stereocenters. The summed E-state index contributed by atoms with van der Waals surface area (Å²) in [5.41, 5.74) is 1.61. The third-order valence-electron chi connectivity index (χ3n) is 6.52. The molecule has 10 nitrogen and oxygen atoms in total. The average molecular weight is 551 g/mol. The summed E-state index contributed by atoms with van der Waals surface area (Å²) in [5, 5.41) is 8.06. The van der Waals surface area contributed by atoms with Crippen LogP contribution in [0.4, 0.5) is 4.79 Å². The molecular formula is C30H38N4O6. The minimum Gasteiger partial charge on any atom is -0.445 e. The predicted molar refractivity (Wildman–Crippen MR) is 149 cm³/mol. The molecule has 2 aromatic carbocycles. The molecule has 10 heteroatoms. The Balaban J connectivity index is 1.69. The first-order chi connectivity index (χ1) is 19.2. The first kappa shape index (κ1) is 30.3. The zero-order valence-corrected chi connectivity index (χ0v) is 23.0. The summed E-state index contributed by atoms with van der Waals surface area (Å²) >= 11 is 0. The van der Waals surface area contributed by atoms with Crippen molar-refractivity contribution in [1.29, 1.82) is 0 Å². The highest BCUT2D eigenvalue weighted by Crippen LogP contribution is 2.11. The van der Waals surface area contributed by atoms with E-state index in [1.807, 2.05) is 74.5 Å². The van der Waals surface area contributed by atoms with E-state index in [1.54, 1.807) is 4.90 Å². The van der Waals surface area contributed by atoms with Crippen LogP contribution in [0, 0.1) is 5.92 Å². The number of likely N-dealkylation sites (tertiary alicyclic amines) is 1. The third kappa shape index (κ3) is 9.83. The largest absolute Gasteiger partial charge is 0.445 e. The standard InChI is InChI=1S/C30H38N4O6/c1-21(2)16-25(33-30(39)40-20-23-12-7-4-8-13-23)29(38)32-26(17-22-10-5-3-6-11-22)28(37)31-24(19-35)18-34-15-9-14-27(34)36/h3-8,10-13,19,21,24-26H,9,14-18,20H2,1-2H3,(H,31,37)(H,32,38)(H,33,39). The van der Waals surface area contributed by atoms with Gasteiger partial charge in [0.05, 0.1) is 0 Å². The molecule has 3 atom stereocenters. The van der Waals surface area contributed by atoms with E-state index in [0.717, 1.165) is 11.1 Å². The Bertz CT molecular complexity index is 1140. The van der Waals surface area contributed by atoms with Gasteiger partial charge < -0.3 is 30.4 Å². The van der Waals surface area contributed by atoms with Crippen LogP contribution in [-0.4, -0.2) is 66.2 Å². The molecule has 1 aliphatic heterocycles. The number of benzene rings is 2. The van der Waals surface area contributed by atoms with Crippen LogP contribution in [0.25, 0.3) is 0 Å². The highest BCUT2D eigenvalue weighted by molar-refractivity contribution is 5.92. The highest BCUT2D eigenvalue weighted by atomic mass is 16.5. The Morgan fingerprint density at radius 3 is 2.10 bits per heavy atom. The van der Waals surface area contributed by atoms with Gasteiger partial charge in [-0.2, -0.15) is 0 Å². The lowest BCUT2D eigenvalue weighted by molar-refractivity contribution is -0.132. The second kappa shape index (κ2) is 15.4. The average Bonchev–Trinajstić information content (AvgIpc) is 3.35.